The molecule has 112 valence electrons. The second kappa shape index (κ2) is 6.49. The third-order valence-electron chi connectivity index (χ3n) is 3.44. The van der Waals surface area contributed by atoms with Crippen molar-refractivity contribution >= 4 is 5.69 Å². The van der Waals surface area contributed by atoms with Crippen LogP contribution in [0.25, 0.3) is 0 Å². The monoisotopic (exact) mass is 291 g/mol. The van der Waals surface area contributed by atoms with Crippen LogP contribution in [0.2, 0.25) is 0 Å². The summed E-state index contributed by atoms with van der Waals surface area (Å²) < 4.78 is 15.8. The maximum atomic E-state index is 14.0. The van der Waals surface area contributed by atoms with Gasteiger partial charge < -0.3 is 10.3 Å². The number of nitrogens with two attached hydrogens (primary N) is 1. The van der Waals surface area contributed by atoms with Gasteiger partial charge in [-0.3, -0.25) is 10.1 Å². The molecule has 0 saturated heterocycles. The minimum Gasteiger partial charge on any atom is -0.350 e. The van der Waals surface area contributed by atoms with E-state index in [0.29, 0.717) is 5.56 Å². The molecule has 0 aliphatic carbocycles. The van der Waals surface area contributed by atoms with Gasteiger partial charge in [0.1, 0.15) is 0 Å². The molecule has 0 amide bonds. The molecular formula is C15H18FN3O2. The molecule has 0 fully saturated rings. The number of nitrogens with zero attached hydrogens (tertiary/aromatic N) is 2. The van der Waals surface area contributed by atoms with Crippen molar-refractivity contribution in [3.05, 3.63) is 63.7 Å². The molecule has 6 heteroatoms. The van der Waals surface area contributed by atoms with Gasteiger partial charge in [0.2, 0.25) is 5.82 Å². The van der Waals surface area contributed by atoms with Crippen LogP contribution in [0.1, 0.15) is 24.5 Å². The normalized spacial score (nSPS) is 12.3. The summed E-state index contributed by atoms with van der Waals surface area (Å²) in [5, 5.41) is 10.7. The zero-order valence-electron chi connectivity index (χ0n) is 11.8. The lowest BCUT2D eigenvalue weighted by atomic mass is 10.1. The Labute approximate surface area is 122 Å². The van der Waals surface area contributed by atoms with Gasteiger partial charge in [-0.2, -0.15) is 4.39 Å². The van der Waals surface area contributed by atoms with Crippen molar-refractivity contribution in [2.75, 3.05) is 0 Å². The van der Waals surface area contributed by atoms with Crippen LogP contribution in [0.4, 0.5) is 10.1 Å². The van der Waals surface area contributed by atoms with Gasteiger partial charge >= 0.3 is 5.69 Å². The van der Waals surface area contributed by atoms with E-state index < -0.39 is 16.4 Å². The number of hydrogen-bond acceptors (Lipinski definition) is 3. The number of nitro groups is 1. The Bertz CT molecular complexity index is 640. The first-order valence-electron chi connectivity index (χ1n) is 6.83. The lowest BCUT2D eigenvalue weighted by Gasteiger charge is -2.07. The van der Waals surface area contributed by atoms with E-state index in [1.807, 2.05) is 25.4 Å². The Hall–Kier alpha value is -2.21. The van der Waals surface area contributed by atoms with Crippen LogP contribution in [0.15, 0.2) is 36.7 Å². The lowest BCUT2D eigenvalue weighted by molar-refractivity contribution is -0.387. The summed E-state index contributed by atoms with van der Waals surface area (Å²) in [6, 6.07) is 6.26. The molecule has 5 nitrogen and oxygen atoms in total. The Morgan fingerprint density at radius 2 is 2.19 bits per heavy atom. The van der Waals surface area contributed by atoms with Crippen molar-refractivity contribution < 1.29 is 9.31 Å². The molecule has 1 aromatic heterocycles. The van der Waals surface area contributed by atoms with E-state index in [-0.39, 0.29) is 12.6 Å². The summed E-state index contributed by atoms with van der Waals surface area (Å²) in [5.41, 5.74) is 6.78. The number of rotatable bonds is 6. The second-order valence-electron chi connectivity index (χ2n) is 5.07. The molecule has 1 aromatic carbocycles. The first-order valence-corrected chi connectivity index (χ1v) is 6.83. The number of aromatic nitrogens is 1. The maximum absolute atomic E-state index is 14.0. The van der Waals surface area contributed by atoms with Gasteiger partial charge in [0.15, 0.2) is 0 Å². The van der Waals surface area contributed by atoms with Crippen molar-refractivity contribution in [2.24, 2.45) is 5.73 Å². The fourth-order valence-corrected chi connectivity index (χ4v) is 2.18. The average molecular weight is 291 g/mol. The largest absolute Gasteiger partial charge is 0.350 e. The average Bonchev–Trinajstić information content (AvgIpc) is 2.88. The van der Waals surface area contributed by atoms with Gasteiger partial charge in [-0.15, -0.1) is 0 Å². The van der Waals surface area contributed by atoms with Crippen LogP contribution in [0.3, 0.4) is 0 Å². The zero-order chi connectivity index (χ0) is 15.4. The van der Waals surface area contributed by atoms with Crippen molar-refractivity contribution in [1.82, 2.24) is 4.57 Å². The number of halogens is 1. The predicted octanol–water partition coefficient (Wildman–Crippen LogP) is 2.86. The van der Waals surface area contributed by atoms with Gasteiger partial charge in [-0.1, -0.05) is 19.1 Å². The molecule has 2 rings (SSSR count). The highest BCUT2D eigenvalue weighted by Crippen LogP contribution is 2.21. The zero-order valence-corrected chi connectivity index (χ0v) is 11.8. The lowest BCUT2D eigenvalue weighted by Crippen LogP contribution is -2.21. The summed E-state index contributed by atoms with van der Waals surface area (Å²) in [5.74, 6) is -0.775. The molecule has 1 atom stereocenters. The third kappa shape index (κ3) is 3.66. The van der Waals surface area contributed by atoms with Gasteiger partial charge in [-0.25, -0.2) is 0 Å². The SMILES string of the molecule is CCC(N)Cc1ccn(Cc2cccc([N+](=O)[O-])c2F)c1. The summed E-state index contributed by atoms with van der Waals surface area (Å²) in [7, 11) is 0. The van der Waals surface area contributed by atoms with Crippen LogP contribution in [0.5, 0.6) is 0 Å². The Morgan fingerprint density at radius 1 is 1.43 bits per heavy atom. The van der Waals surface area contributed by atoms with Crippen LogP contribution in [-0.4, -0.2) is 15.5 Å². The highest BCUT2D eigenvalue weighted by atomic mass is 19.1. The molecule has 0 aliphatic heterocycles. The Balaban J connectivity index is 2.15. The summed E-state index contributed by atoms with van der Waals surface area (Å²) in [6.07, 6.45) is 5.38. The maximum Gasteiger partial charge on any atom is 0.305 e. The van der Waals surface area contributed by atoms with Crippen LogP contribution < -0.4 is 5.73 Å². The molecule has 0 aliphatic rings. The van der Waals surface area contributed by atoms with Crippen LogP contribution in [-0.2, 0) is 13.0 Å². The molecule has 2 aromatic rings. The molecule has 0 bridgehead atoms. The molecule has 0 saturated carbocycles. The molecule has 0 spiro atoms. The van der Waals surface area contributed by atoms with E-state index in [2.05, 4.69) is 0 Å². The highest BCUT2D eigenvalue weighted by Gasteiger charge is 2.17. The quantitative estimate of drug-likeness (QED) is 0.657. The minimum absolute atomic E-state index is 0.107. The van der Waals surface area contributed by atoms with E-state index in [4.69, 9.17) is 5.73 Å². The third-order valence-corrected chi connectivity index (χ3v) is 3.44. The Morgan fingerprint density at radius 3 is 2.86 bits per heavy atom. The molecule has 2 N–H and O–H groups in total. The Kier molecular flexibility index (Phi) is 4.70. The summed E-state index contributed by atoms with van der Waals surface area (Å²) >= 11 is 0. The smallest absolute Gasteiger partial charge is 0.305 e. The van der Waals surface area contributed by atoms with Gasteiger partial charge in [0, 0.05) is 30.1 Å². The van der Waals surface area contributed by atoms with Crippen LogP contribution >= 0.6 is 0 Å². The van der Waals surface area contributed by atoms with Crippen molar-refractivity contribution in [3.8, 4) is 0 Å². The summed E-state index contributed by atoms with van der Waals surface area (Å²) in [4.78, 5) is 10.0. The molecule has 1 unspecified atom stereocenters. The van der Waals surface area contributed by atoms with Gasteiger partial charge in [0.25, 0.3) is 0 Å². The fraction of sp³-hybridized carbons (Fsp3) is 0.333. The number of benzene rings is 1. The van der Waals surface area contributed by atoms with Crippen molar-refractivity contribution in [1.29, 1.82) is 0 Å². The molecule has 21 heavy (non-hydrogen) atoms. The summed E-state index contributed by atoms with van der Waals surface area (Å²) in [6.45, 7) is 2.29. The van der Waals surface area contributed by atoms with E-state index in [9.17, 15) is 14.5 Å². The van der Waals surface area contributed by atoms with Crippen molar-refractivity contribution in [3.63, 3.8) is 0 Å². The van der Waals surface area contributed by atoms with Crippen molar-refractivity contribution in [2.45, 2.75) is 32.4 Å². The van der Waals surface area contributed by atoms with E-state index >= 15 is 0 Å². The van der Waals surface area contributed by atoms with E-state index in [1.165, 1.54) is 12.1 Å². The van der Waals surface area contributed by atoms with Gasteiger partial charge in [-0.05, 0) is 24.5 Å². The minimum atomic E-state index is -0.775. The standard InChI is InChI=1S/C15H18FN3O2/c1-2-13(17)8-11-6-7-18(9-11)10-12-4-3-5-14(15(12)16)19(20)21/h3-7,9,13H,2,8,10,17H2,1H3. The van der Waals surface area contributed by atoms with E-state index in [1.54, 1.807) is 10.6 Å². The highest BCUT2D eigenvalue weighted by molar-refractivity contribution is 5.37. The van der Waals surface area contributed by atoms with E-state index in [0.717, 1.165) is 18.4 Å². The first-order chi connectivity index (χ1) is 10.0. The second-order valence-corrected chi connectivity index (χ2v) is 5.07. The van der Waals surface area contributed by atoms with Gasteiger partial charge in [0.05, 0.1) is 11.5 Å². The first kappa shape index (κ1) is 15.2. The molecule has 0 radical (unpaired) electrons. The van der Waals surface area contributed by atoms with Crippen LogP contribution in [0, 0.1) is 15.9 Å². The number of hydrogen-bond donors (Lipinski definition) is 1. The fourth-order valence-electron chi connectivity index (χ4n) is 2.18. The molecule has 1 heterocycles. The predicted molar refractivity (Wildman–Crippen MR) is 78.6 cm³/mol. The number of nitro benzene ring substituents is 1. The topological polar surface area (TPSA) is 74.1 Å². The molecular weight excluding hydrogens is 273 g/mol.